The SMILES string of the molecule is NC(CS)C(=O)O.O=C(c1ccccc1)c1ccccc1. The summed E-state index contributed by atoms with van der Waals surface area (Å²) in [6, 6.07) is 17.8. The molecule has 0 aromatic heterocycles. The summed E-state index contributed by atoms with van der Waals surface area (Å²) in [7, 11) is 0. The summed E-state index contributed by atoms with van der Waals surface area (Å²) >= 11 is 3.65. The molecule has 0 amide bonds. The second-order valence-electron chi connectivity index (χ2n) is 4.19. The lowest BCUT2D eigenvalue weighted by Gasteiger charge is -1.99. The molecule has 1 unspecified atom stereocenters. The maximum Gasteiger partial charge on any atom is 0.321 e. The molecule has 2 aromatic carbocycles. The first-order valence-corrected chi connectivity index (χ1v) is 6.93. The first-order valence-electron chi connectivity index (χ1n) is 6.30. The normalized spacial score (nSPS) is 11.0. The van der Waals surface area contributed by atoms with Crippen molar-refractivity contribution in [1.29, 1.82) is 0 Å². The Morgan fingerprint density at radius 2 is 1.33 bits per heavy atom. The molecule has 2 aromatic rings. The Morgan fingerprint density at radius 3 is 1.57 bits per heavy atom. The van der Waals surface area contributed by atoms with Crippen molar-refractivity contribution in [1.82, 2.24) is 0 Å². The van der Waals surface area contributed by atoms with Crippen molar-refractivity contribution in [2.75, 3.05) is 5.75 Å². The summed E-state index contributed by atoms with van der Waals surface area (Å²) in [6.45, 7) is 0. The third kappa shape index (κ3) is 5.81. The van der Waals surface area contributed by atoms with Gasteiger partial charge in [-0.15, -0.1) is 0 Å². The molecule has 3 N–H and O–H groups in total. The van der Waals surface area contributed by atoms with Gasteiger partial charge in [0.25, 0.3) is 0 Å². The van der Waals surface area contributed by atoms with Crippen molar-refractivity contribution in [3.05, 3.63) is 71.8 Å². The summed E-state index contributed by atoms with van der Waals surface area (Å²) in [4.78, 5) is 21.6. The average molecular weight is 303 g/mol. The van der Waals surface area contributed by atoms with Gasteiger partial charge >= 0.3 is 5.97 Å². The van der Waals surface area contributed by atoms with E-state index in [0.29, 0.717) is 0 Å². The number of ketones is 1. The van der Waals surface area contributed by atoms with Gasteiger partial charge in [0.2, 0.25) is 0 Å². The third-order valence-electron chi connectivity index (χ3n) is 2.59. The van der Waals surface area contributed by atoms with E-state index in [1.807, 2.05) is 60.7 Å². The molecule has 0 radical (unpaired) electrons. The van der Waals surface area contributed by atoms with Crippen molar-refractivity contribution < 1.29 is 14.7 Å². The van der Waals surface area contributed by atoms with Gasteiger partial charge in [0.15, 0.2) is 5.78 Å². The lowest BCUT2D eigenvalue weighted by molar-refractivity contribution is -0.137. The van der Waals surface area contributed by atoms with Crippen molar-refractivity contribution in [2.45, 2.75) is 6.04 Å². The smallest absolute Gasteiger partial charge is 0.321 e. The van der Waals surface area contributed by atoms with Crippen LogP contribution in [0.1, 0.15) is 15.9 Å². The standard InChI is InChI=1S/C13H10O.C3H7NO2S/c14-13(11-7-3-1-4-8-11)12-9-5-2-6-10-12;4-2(1-7)3(5)6/h1-10H;2,7H,1,4H2,(H,5,6). The minimum absolute atomic E-state index is 0.0752. The fourth-order valence-corrected chi connectivity index (χ4v) is 1.58. The Kier molecular flexibility index (Phi) is 7.21. The van der Waals surface area contributed by atoms with Crippen LogP contribution in [-0.2, 0) is 4.79 Å². The highest BCUT2D eigenvalue weighted by molar-refractivity contribution is 7.80. The predicted octanol–water partition coefficient (Wildman–Crippen LogP) is 2.25. The molecule has 0 fully saturated rings. The first-order chi connectivity index (χ1) is 10.1. The molecule has 0 saturated heterocycles. The van der Waals surface area contributed by atoms with Gasteiger partial charge in [0.05, 0.1) is 0 Å². The van der Waals surface area contributed by atoms with Gasteiger partial charge in [-0.2, -0.15) is 12.6 Å². The van der Waals surface area contributed by atoms with Crippen LogP contribution in [-0.4, -0.2) is 28.7 Å². The number of aliphatic carboxylic acids is 1. The number of carbonyl (C=O) groups is 2. The highest BCUT2D eigenvalue weighted by Gasteiger charge is 2.06. The van der Waals surface area contributed by atoms with Gasteiger partial charge in [-0.05, 0) is 0 Å². The topological polar surface area (TPSA) is 80.4 Å². The molecule has 5 heteroatoms. The molecular weight excluding hydrogens is 286 g/mol. The Morgan fingerprint density at radius 1 is 0.952 bits per heavy atom. The third-order valence-corrected chi connectivity index (χ3v) is 2.98. The lowest BCUT2D eigenvalue weighted by atomic mass is 10.0. The number of carboxylic acid groups (broad SMARTS) is 1. The van der Waals surface area contributed by atoms with E-state index in [-0.39, 0.29) is 11.5 Å². The van der Waals surface area contributed by atoms with Crippen LogP contribution in [0, 0.1) is 0 Å². The van der Waals surface area contributed by atoms with E-state index in [9.17, 15) is 9.59 Å². The van der Waals surface area contributed by atoms with E-state index in [0.717, 1.165) is 11.1 Å². The monoisotopic (exact) mass is 303 g/mol. The lowest BCUT2D eigenvalue weighted by Crippen LogP contribution is -2.31. The molecule has 1 atom stereocenters. The summed E-state index contributed by atoms with van der Waals surface area (Å²) in [5.74, 6) is -0.740. The fraction of sp³-hybridized carbons (Fsp3) is 0.125. The van der Waals surface area contributed by atoms with E-state index < -0.39 is 12.0 Å². The molecule has 4 nitrogen and oxygen atoms in total. The zero-order chi connectivity index (χ0) is 15.7. The molecule has 0 bridgehead atoms. The zero-order valence-corrected chi connectivity index (χ0v) is 12.2. The quantitative estimate of drug-likeness (QED) is 0.598. The molecule has 0 aliphatic rings. The van der Waals surface area contributed by atoms with Crippen molar-refractivity contribution in [3.8, 4) is 0 Å². The molecule has 0 spiro atoms. The van der Waals surface area contributed by atoms with E-state index in [1.54, 1.807) is 0 Å². The van der Waals surface area contributed by atoms with Crippen LogP contribution < -0.4 is 5.73 Å². The van der Waals surface area contributed by atoms with Crippen molar-refractivity contribution in [3.63, 3.8) is 0 Å². The van der Waals surface area contributed by atoms with E-state index >= 15 is 0 Å². The van der Waals surface area contributed by atoms with Crippen LogP contribution in [0.15, 0.2) is 60.7 Å². The van der Waals surface area contributed by atoms with Crippen LogP contribution in [0.5, 0.6) is 0 Å². The number of carboxylic acids is 1. The van der Waals surface area contributed by atoms with Gasteiger partial charge in [0.1, 0.15) is 6.04 Å². The number of rotatable bonds is 4. The molecule has 0 aliphatic carbocycles. The molecule has 0 aliphatic heterocycles. The minimum Gasteiger partial charge on any atom is -0.480 e. The highest BCUT2D eigenvalue weighted by Crippen LogP contribution is 2.08. The average Bonchev–Trinajstić information content (AvgIpc) is 2.55. The molecule has 2 rings (SSSR count). The second kappa shape index (κ2) is 8.94. The minimum atomic E-state index is -1.00. The number of hydrogen-bond donors (Lipinski definition) is 3. The summed E-state index contributed by atoms with van der Waals surface area (Å²) in [5.41, 5.74) is 6.41. The Hall–Kier alpha value is -2.11. The second-order valence-corrected chi connectivity index (χ2v) is 4.55. The van der Waals surface area contributed by atoms with Gasteiger partial charge in [-0.1, -0.05) is 60.7 Å². The maximum atomic E-state index is 11.8. The largest absolute Gasteiger partial charge is 0.480 e. The van der Waals surface area contributed by atoms with E-state index in [4.69, 9.17) is 10.8 Å². The number of thiol groups is 1. The van der Waals surface area contributed by atoms with E-state index in [1.165, 1.54) is 0 Å². The van der Waals surface area contributed by atoms with Gasteiger partial charge in [-0.3, -0.25) is 9.59 Å². The highest BCUT2D eigenvalue weighted by atomic mass is 32.1. The van der Waals surface area contributed by atoms with Crippen LogP contribution >= 0.6 is 12.6 Å². The number of nitrogens with two attached hydrogens (primary N) is 1. The van der Waals surface area contributed by atoms with Crippen LogP contribution in [0.4, 0.5) is 0 Å². The number of hydrogen-bond acceptors (Lipinski definition) is 4. The summed E-state index contributed by atoms with van der Waals surface area (Å²) in [5, 5.41) is 8.01. The Bertz CT molecular complexity index is 531. The van der Waals surface area contributed by atoms with Gasteiger partial charge < -0.3 is 10.8 Å². The van der Waals surface area contributed by atoms with Gasteiger partial charge in [-0.25, -0.2) is 0 Å². The predicted molar refractivity (Wildman–Crippen MR) is 85.8 cm³/mol. The Balaban J connectivity index is 0.000000270. The van der Waals surface area contributed by atoms with Crippen LogP contribution in [0.2, 0.25) is 0 Å². The molecule has 21 heavy (non-hydrogen) atoms. The molecule has 0 heterocycles. The van der Waals surface area contributed by atoms with Gasteiger partial charge in [0, 0.05) is 16.9 Å². The van der Waals surface area contributed by atoms with Crippen LogP contribution in [0.3, 0.4) is 0 Å². The number of benzene rings is 2. The van der Waals surface area contributed by atoms with Crippen molar-refractivity contribution in [2.24, 2.45) is 5.73 Å². The molecular formula is C16H17NO3S. The molecule has 0 saturated carbocycles. The zero-order valence-electron chi connectivity index (χ0n) is 11.3. The molecule has 110 valence electrons. The fourth-order valence-electron chi connectivity index (χ4n) is 1.42. The summed E-state index contributed by atoms with van der Waals surface area (Å²) in [6.07, 6.45) is 0. The van der Waals surface area contributed by atoms with Crippen molar-refractivity contribution >= 4 is 24.4 Å². The summed E-state index contributed by atoms with van der Waals surface area (Å²) < 4.78 is 0. The first kappa shape index (κ1) is 16.9. The van der Waals surface area contributed by atoms with E-state index in [2.05, 4.69) is 12.6 Å². The maximum absolute atomic E-state index is 11.8. The van der Waals surface area contributed by atoms with Crippen LogP contribution in [0.25, 0.3) is 0 Å². The number of carbonyl (C=O) groups excluding carboxylic acids is 1. The Labute approximate surface area is 129 Å².